The third-order valence-corrected chi connectivity index (χ3v) is 3.01. The molecular formula is C11H9N3O2S. The van der Waals surface area contributed by atoms with Gasteiger partial charge in [0.2, 0.25) is 0 Å². The fraction of sp³-hybridized carbons (Fsp3) is 0. The number of aromatic nitrogens is 2. The molecule has 3 N–H and O–H groups in total. The molecule has 1 aromatic carbocycles. The van der Waals surface area contributed by atoms with Crippen LogP contribution in [0.2, 0.25) is 0 Å². The number of benzene rings is 1. The standard InChI is InChI=1S/C11H9N3O2S/c12-9-7(10(15)16)3-1-4-8(9)17-11-13-5-2-6-14-11/h1-6H,12H2,(H,15,16). The number of carboxylic acid groups (broad SMARTS) is 1. The van der Waals surface area contributed by atoms with Crippen LogP contribution in [-0.2, 0) is 0 Å². The van der Waals surface area contributed by atoms with Gasteiger partial charge in [-0.25, -0.2) is 14.8 Å². The first-order valence-electron chi connectivity index (χ1n) is 4.75. The van der Waals surface area contributed by atoms with Crippen LogP contribution in [0, 0.1) is 0 Å². The number of aromatic carboxylic acids is 1. The Bertz CT molecular complexity index is 546. The lowest BCUT2D eigenvalue weighted by molar-refractivity contribution is 0.0698. The van der Waals surface area contributed by atoms with Crippen LogP contribution in [0.4, 0.5) is 5.69 Å². The number of rotatable bonds is 3. The number of anilines is 1. The first-order chi connectivity index (χ1) is 8.18. The number of carbonyl (C=O) groups is 1. The molecule has 0 fully saturated rings. The van der Waals surface area contributed by atoms with Gasteiger partial charge in [-0.15, -0.1) is 0 Å². The van der Waals surface area contributed by atoms with Gasteiger partial charge in [-0.3, -0.25) is 0 Å². The monoisotopic (exact) mass is 247 g/mol. The van der Waals surface area contributed by atoms with Crippen molar-refractivity contribution in [2.75, 3.05) is 5.73 Å². The van der Waals surface area contributed by atoms with E-state index in [9.17, 15) is 4.79 Å². The Labute approximate surface area is 102 Å². The summed E-state index contributed by atoms with van der Waals surface area (Å²) in [5.74, 6) is -1.04. The summed E-state index contributed by atoms with van der Waals surface area (Å²) < 4.78 is 0. The van der Waals surface area contributed by atoms with Gasteiger partial charge >= 0.3 is 5.97 Å². The van der Waals surface area contributed by atoms with Crippen molar-refractivity contribution in [3.8, 4) is 0 Å². The fourth-order valence-electron chi connectivity index (χ4n) is 1.26. The molecule has 0 amide bonds. The van der Waals surface area contributed by atoms with Crippen molar-refractivity contribution in [3.63, 3.8) is 0 Å². The number of nitrogens with zero attached hydrogens (tertiary/aromatic N) is 2. The van der Waals surface area contributed by atoms with Crippen LogP contribution < -0.4 is 5.73 Å². The molecule has 86 valence electrons. The predicted molar refractivity (Wildman–Crippen MR) is 64.0 cm³/mol. The molecule has 0 saturated heterocycles. The summed E-state index contributed by atoms with van der Waals surface area (Å²) in [6.07, 6.45) is 3.24. The minimum Gasteiger partial charge on any atom is -0.478 e. The SMILES string of the molecule is Nc1c(Sc2ncccn2)cccc1C(=O)O. The zero-order valence-corrected chi connectivity index (χ0v) is 9.52. The van der Waals surface area contributed by atoms with Crippen molar-refractivity contribution >= 4 is 23.4 Å². The summed E-state index contributed by atoms with van der Waals surface area (Å²) >= 11 is 1.24. The summed E-state index contributed by atoms with van der Waals surface area (Å²) in [6.45, 7) is 0. The first kappa shape index (κ1) is 11.4. The number of para-hydroxylation sites is 1. The van der Waals surface area contributed by atoms with Crippen molar-refractivity contribution in [2.24, 2.45) is 0 Å². The van der Waals surface area contributed by atoms with E-state index in [1.165, 1.54) is 17.8 Å². The van der Waals surface area contributed by atoms with Crippen LogP contribution in [0.15, 0.2) is 46.7 Å². The van der Waals surface area contributed by atoms with Crippen molar-refractivity contribution in [2.45, 2.75) is 10.1 Å². The second kappa shape index (κ2) is 4.84. The Morgan fingerprint density at radius 1 is 1.24 bits per heavy atom. The van der Waals surface area contributed by atoms with E-state index in [-0.39, 0.29) is 11.3 Å². The molecule has 0 aliphatic rings. The summed E-state index contributed by atoms with van der Waals surface area (Å²) in [5, 5.41) is 9.47. The van der Waals surface area contributed by atoms with E-state index in [2.05, 4.69) is 9.97 Å². The maximum atomic E-state index is 10.9. The largest absolute Gasteiger partial charge is 0.478 e. The zero-order chi connectivity index (χ0) is 12.3. The van der Waals surface area contributed by atoms with Gasteiger partial charge in [0.1, 0.15) is 0 Å². The third kappa shape index (κ3) is 2.54. The van der Waals surface area contributed by atoms with Crippen LogP contribution in [-0.4, -0.2) is 21.0 Å². The van der Waals surface area contributed by atoms with Gasteiger partial charge in [-0.1, -0.05) is 6.07 Å². The molecule has 0 radical (unpaired) electrons. The topological polar surface area (TPSA) is 89.1 Å². The van der Waals surface area contributed by atoms with Gasteiger partial charge < -0.3 is 10.8 Å². The lowest BCUT2D eigenvalue weighted by Crippen LogP contribution is -2.03. The molecule has 0 aliphatic carbocycles. The number of carboxylic acids is 1. The fourth-order valence-corrected chi connectivity index (χ4v) is 2.05. The molecule has 1 heterocycles. The zero-order valence-electron chi connectivity index (χ0n) is 8.70. The van der Waals surface area contributed by atoms with Crippen LogP contribution >= 0.6 is 11.8 Å². The third-order valence-electron chi connectivity index (χ3n) is 2.04. The van der Waals surface area contributed by atoms with Crippen molar-refractivity contribution < 1.29 is 9.90 Å². The Balaban J connectivity index is 2.34. The van der Waals surface area contributed by atoms with Crippen molar-refractivity contribution in [1.29, 1.82) is 0 Å². The van der Waals surface area contributed by atoms with Crippen LogP contribution in [0.25, 0.3) is 0 Å². The number of hydrogen-bond donors (Lipinski definition) is 2. The lowest BCUT2D eigenvalue weighted by Gasteiger charge is -2.06. The lowest BCUT2D eigenvalue weighted by atomic mass is 10.2. The predicted octanol–water partition coefficient (Wildman–Crippen LogP) is 1.91. The van der Waals surface area contributed by atoms with Gasteiger partial charge in [0.25, 0.3) is 0 Å². The Morgan fingerprint density at radius 2 is 1.94 bits per heavy atom. The molecule has 0 unspecified atom stereocenters. The molecule has 0 spiro atoms. The van der Waals surface area contributed by atoms with Gasteiger partial charge in [0.15, 0.2) is 5.16 Å². The molecule has 5 nitrogen and oxygen atoms in total. The summed E-state index contributed by atoms with van der Waals surface area (Å²) in [6, 6.07) is 6.56. The highest BCUT2D eigenvalue weighted by molar-refractivity contribution is 7.99. The minimum absolute atomic E-state index is 0.0888. The molecular weight excluding hydrogens is 238 g/mol. The Kier molecular flexibility index (Phi) is 3.24. The molecule has 0 aliphatic heterocycles. The van der Waals surface area contributed by atoms with Crippen LogP contribution in [0.3, 0.4) is 0 Å². The smallest absolute Gasteiger partial charge is 0.337 e. The molecule has 6 heteroatoms. The van der Waals surface area contributed by atoms with E-state index in [0.717, 1.165) is 0 Å². The molecule has 0 bridgehead atoms. The molecule has 2 rings (SSSR count). The highest BCUT2D eigenvalue weighted by Gasteiger charge is 2.12. The van der Waals surface area contributed by atoms with Crippen molar-refractivity contribution in [1.82, 2.24) is 9.97 Å². The van der Waals surface area contributed by atoms with Gasteiger partial charge in [-0.05, 0) is 30.0 Å². The van der Waals surface area contributed by atoms with Crippen LogP contribution in [0.1, 0.15) is 10.4 Å². The van der Waals surface area contributed by atoms with E-state index in [1.807, 2.05) is 0 Å². The molecule has 17 heavy (non-hydrogen) atoms. The maximum absolute atomic E-state index is 10.9. The number of nitrogen functional groups attached to an aromatic ring is 1. The van der Waals surface area contributed by atoms with Gasteiger partial charge in [-0.2, -0.15) is 0 Å². The summed E-state index contributed by atoms with van der Waals surface area (Å²) in [4.78, 5) is 19.6. The molecule has 0 saturated carbocycles. The minimum atomic E-state index is -1.04. The highest BCUT2D eigenvalue weighted by atomic mass is 32.2. The normalized spacial score (nSPS) is 10.1. The van der Waals surface area contributed by atoms with E-state index in [4.69, 9.17) is 10.8 Å². The van der Waals surface area contributed by atoms with Gasteiger partial charge in [0, 0.05) is 17.3 Å². The van der Waals surface area contributed by atoms with E-state index >= 15 is 0 Å². The molecule has 0 atom stereocenters. The summed E-state index contributed by atoms with van der Waals surface area (Å²) in [5.41, 5.74) is 6.10. The second-order valence-electron chi connectivity index (χ2n) is 3.16. The van der Waals surface area contributed by atoms with E-state index in [0.29, 0.717) is 10.1 Å². The Morgan fingerprint density at radius 3 is 2.59 bits per heavy atom. The van der Waals surface area contributed by atoms with E-state index in [1.54, 1.807) is 30.6 Å². The maximum Gasteiger partial charge on any atom is 0.337 e. The van der Waals surface area contributed by atoms with Crippen LogP contribution in [0.5, 0.6) is 0 Å². The average molecular weight is 247 g/mol. The van der Waals surface area contributed by atoms with Gasteiger partial charge in [0.05, 0.1) is 11.3 Å². The first-order valence-corrected chi connectivity index (χ1v) is 5.57. The summed E-state index contributed by atoms with van der Waals surface area (Å²) in [7, 11) is 0. The molecule has 2 aromatic rings. The highest BCUT2D eigenvalue weighted by Crippen LogP contribution is 2.31. The quantitative estimate of drug-likeness (QED) is 0.636. The number of hydrogen-bond acceptors (Lipinski definition) is 5. The number of nitrogens with two attached hydrogens (primary N) is 1. The second-order valence-corrected chi connectivity index (χ2v) is 4.17. The Hall–Kier alpha value is -2.08. The molecule has 1 aromatic heterocycles. The average Bonchev–Trinajstić information content (AvgIpc) is 2.33. The van der Waals surface area contributed by atoms with E-state index < -0.39 is 5.97 Å². The van der Waals surface area contributed by atoms with Crippen molar-refractivity contribution in [3.05, 3.63) is 42.2 Å².